The number of hydrogen-bond acceptors (Lipinski definition) is 9. The fraction of sp³-hybridized carbons (Fsp3) is 0.261. The average Bonchev–Trinajstić information content (AvgIpc) is 2.81. The summed E-state index contributed by atoms with van der Waals surface area (Å²) in [7, 11) is 3.55. The second-order valence-corrected chi connectivity index (χ2v) is 8.48. The molecular formula is C23H27NO8S. The maximum absolute atomic E-state index is 12.8. The standard InChI is InChI=1S/C23H27NO8S/c1-28-17-13-21(30-3)18(22(14-17)31-4)9-11-33(26,27)15-16-6-7-20(29-2)19(12-16)24-10-8-23(25)32-5/h6-14,24H,15H2,1-5H3. The van der Waals surface area contributed by atoms with Crippen molar-refractivity contribution in [2.45, 2.75) is 5.75 Å². The third kappa shape index (κ3) is 7.18. The van der Waals surface area contributed by atoms with Gasteiger partial charge in [-0.15, -0.1) is 0 Å². The van der Waals surface area contributed by atoms with E-state index in [1.54, 1.807) is 30.3 Å². The zero-order valence-electron chi connectivity index (χ0n) is 19.1. The van der Waals surface area contributed by atoms with Crippen molar-refractivity contribution in [1.82, 2.24) is 0 Å². The predicted octanol–water partition coefficient (Wildman–Crippen LogP) is 3.41. The summed E-state index contributed by atoms with van der Waals surface area (Å²) in [6.07, 6.45) is 4.00. The molecule has 1 N–H and O–H groups in total. The van der Waals surface area contributed by atoms with Crippen molar-refractivity contribution in [3.05, 3.63) is 59.1 Å². The smallest absolute Gasteiger partial charge is 0.331 e. The zero-order chi connectivity index (χ0) is 24.4. The van der Waals surface area contributed by atoms with Crippen molar-refractivity contribution >= 4 is 27.6 Å². The third-order valence-electron chi connectivity index (χ3n) is 4.49. The molecular weight excluding hydrogens is 450 g/mol. The highest BCUT2D eigenvalue weighted by molar-refractivity contribution is 7.93. The van der Waals surface area contributed by atoms with Crippen LogP contribution >= 0.6 is 0 Å². The number of carbonyl (C=O) groups is 1. The van der Waals surface area contributed by atoms with E-state index in [9.17, 15) is 13.2 Å². The lowest BCUT2D eigenvalue weighted by molar-refractivity contribution is -0.134. The van der Waals surface area contributed by atoms with E-state index in [-0.39, 0.29) is 5.75 Å². The molecule has 0 radical (unpaired) electrons. The highest BCUT2D eigenvalue weighted by atomic mass is 32.2. The molecule has 2 aromatic rings. The number of rotatable bonds is 11. The molecule has 0 saturated heterocycles. The first-order valence-electron chi connectivity index (χ1n) is 9.65. The van der Waals surface area contributed by atoms with E-state index in [1.165, 1.54) is 53.9 Å². The van der Waals surface area contributed by atoms with Crippen LogP contribution in [0.15, 0.2) is 48.0 Å². The van der Waals surface area contributed by atoms with E-state index in [0.29, 0.717) is 39.8 Å². The molecule has 33 heavy (non-hydrogen) atoms. The van der Waals surface area contributed by atoms with Crippen LogP contribution in [-0.4, -0.2) is 49.9 Å². The van der Waals surface area contributed by atoms with Gasteiger partial charge in [0.05, 0.1) is 52.6 Å². The molecule has 0 heterocycles. The largest absolute Gasteiger partial charge is 0.496 e. The molecule has 2 rings (SSSR count). The van der Waals surface area contributed by atoms with Crippen LogP contribution in [-0.2, 0) is 25.1 Å². The van der Waals surface area contributed by atoms with Gasteiger partial charge < -0.3 is 29.0 Å². The number of nitrogens with one attached hydrogen (secondary N) is 1. The number of sulfone groups is 1. The Kier molecular flexibility index (Phi) is 9.17. The van der Waals surface area contributed by atoms with Gasteiger partial charge in [-0.1, -0.05) is 6.07 Å². The monoisotopic (exact) mass is 477 g/mol. The van der Waals surface area contributed by atoms with Crippen LogP contribution in [0.2, 0.25) is 0 Å². The molecule has 0 aromatic heterocycles. The minimum Gasteiger partial charge on any atom is -0.496 e. The fourth-order valence-electron chi connectivity index (χ4n) is 2.87. The summed E-state index contributed by atoms with van der Waals surface area (Å²) in [5, 5.41) is 4.00. The summed E-state index contributed by atoms with van der Waals surface area (Å²) in [5.74, 6) is 1.02. The molecule has 0 bridgehead atoms. The number of carbonyl (C=O) groups excluding carboxylic acids is 1. The van der Waals surface area contributed by atoms with E-state index in [4.69, 9.17) is 18.9 Å². The Labute approximate surface area is 193 Å². The molecule has 178 valence electrons. The van der Waals surface area contributed by atoms with Crippen molar-refractivity contribution in [1.29, 1.82) is 0 Å². The van der Waals surface area contributed by atoms with Gasteiger partial charge >= 0.3 is 5.97 Å². The van der Waals surface area contributed by atoms with E-state index < -0.39 is 15.8 Å². The van der Waals surface area contributed by atoms with Crippen LogP contribution in [0.4, 0.5) is 5.69 Å². The second-order valence-electron chi connectivity index (χ2n) is 6.59. The number of esters is 1. The summed E-state index contributed by atoms with van der Waals surface area (Å²) < 4.78 is 51.3. The van der Waals surface area contributed by atoms with Crippen molar-refractivity contribution in [3.8, 4) is 23.0 Å². The molecule has 0 unspecified atom stereocenters. The second kappa shape index (κ2) is 11.8. The highest BCUT2D eigenvalue weighted by Gasteiger charge is 2.14. The fourth-order valence-corrected chi connectivity index (χ4v) is 3.96. The average molecular weight is 478 g/mol. The van der Waals surface area contributed by atoms with Crippen LogP contribution in [0, 0.1) is 0 Å². The Hall–Kier alpha value is -3.66. The lowest BCUT2D eigenvalue weighted by atomic mass is 10.1. The minimum atomic E-state index is -3.66. The SMILES string of the molecule is COC(=O)C=CNc1cc(CS(=O)(=O)C=Cc2c(OC)cc(OC)cc2OC)ccc1OC. The molecule has 0 amide bonds. The topological polar surface area (TPSA) is 109 Å². The van der Waals surface area contributed by atoms with Gasteiger partial charge in [0.25, 0.3) is 0 Å². The lowest BCUT2D eigenvalue weighted by Crippen LogP contribution is -2.02. The predicted molar refractivity (Wildman–Crippen MR) is 126 cm³/mol. The molecule has 0 spiro atoms. The number of methoxy groups -OCH3 is 5. The maximum atomic E-state index is 12.8. The van der Waals surface area contributed by atoms with E-state index >= 15 is 0 Å². The molecule has 0 aliphatic rings. The Morgan fingerprint density at radius 1 is 0.909 bits per heavy atom. The van der Waals surface area contributed by atoms with Crippen molar-refractivity contribution in [2.24, 2.45) is 0 Å². The Balaban J connectivity index is 2.29. The summed E-state index contributed by atoms with van der Waals surface area (Å²) in [6.45, 7) is 0. The van der Waals surface area contributed by atoms with E-state index in [2.05, 4.69) is 10.1 Å². The summed E-state index contributed by atoms with van der Waals surface area (Å²) in [4.78, 5) is 11.2. The van der Waals surface area contributed by atoms with Gasteiger partial charge in [0.1, 0.15) is 23.0 Å². The van der Waals surface area contributed by atoms with E-state index in [1.807, 2.05) is 0 Å². The highest BCUT2D eigenvalue weighted by Crippen LogP contribution is 2.35. The maximum Gasteiger partial charge on any atom is 0.331 e. The Bertz CT molecular complexity index is 1110. The summed E-state index contributed by atoms with van der Waals surface area (Å²) in [6, 6.07) is 8.18. The van der Waals surface area contributed by atoms with Crippen molar-refractivity contribution in [2.75, 3.05) is 40.9 Å². The van der Waals surface area contributed by atoms with Crippen LogP contribution in [0.1, 0.15) is 11.1 Å². The van der Waals surface area contributed by atoms with Gasteiger partial charge in [0, 0.05) is 29.8 Å². The first-order valence-corrected chi connectivity index (χ1v) is 11.4. The molecule has 0 fully saturated rings. The Morgan fingerprint density at radius 3 is 2.09 bits per heavy atom. The minimum absolute atomic E-state index is 0.260. The normalized spacial score (nSPS) is 11.4. The molecule has 0 atom stereocenters. The van der Waals surface area contributed by atoms with Gasteiger partial charge in [0.15, 0.2) is 9.84 Å². The van der Waals surface area contributed by atoms with Gasteiger partial charge in [-0.05, 0) is 23.8 Å². The van der Waals surface area contributed by atoms with Crippen molar-refractivity contribution in [3.63, 3.8) is 0 Å². The molecule has 10 heteroatoms. The Morgan fingerprint density at radius 2 is 1.55 bits per heavy atom. The molecule has 2 aromatic carbocycles. The van der Waals surface area contributed by atoms with Gasteiger partial charge in [-0.3, -0.25) is 0 Å². The molecule has 0 aliphatic heterocycles. The van der Waals surface area contributed by atoms with Gasteiger partial charge in [0.2, 0.25) is 0 Å². The summed E-state index contributed by atoms with van der Waals surface area (Å²) >= 11 is 0. The lowest BCUT2D eigenvalue weighted by Gasteiger charge is -2.12. The van der Waals surface area contributed by atoms with Crippen LogP contribution < -0.4 is 24.3 Å². The van der Waals surface area contributed by atoms with Gasteiger partial charge in [-0.2, -0.15) is 0 Å². The summed E-state index contributed by atoms with van der Waals surface area (Å²) in [5.41, 5.74) is 1.48. The number of ether oxygens (including phenoxy) is 5. The zero-order valence-corrected chi connectivity index (χ0v) is 19.9. The first-order chi connectivity index (χ1) is 15.8. The number of hydrogen-bond donors (Lipinski definition) is 1. The van der Waals surface area contributed by atoms with Crippen LogP contribution in [0.25, 0.3) is 6.08 Å². The number of anilines is 1. The molecule has 0 aliphatic carbocycles. The molecule has 9 nitrogen and oxygen atoms in total. The quantitative estimate of drug-likeness (QED) is 0.385. The van der Waals surface area contributed by atoms with Crippen molar-refractivity contribution < 1.29 is 36.9 Å². The van der Waals surface area contributed by atoms with Crippen LogP contribution in [0.3, 0.4) is 0 Å². The number of benzene rings is 2. The van der Waals surface area contributed by atoms with E-state index in [0.717, 1.165) is 5.41 Å². The first kappa shape index (κ1) is 25.6. The third-order valence-corrected chi connectivity index (χ3v) is 5.77. The molecule has 0 saturated carbocycles. The van der Waals surface area contributed by atoms with Gasteiger partial charge in [-0.25, -0.2) is 13.2 Å². The van der Waals surface area contributed by atoms with Crippen LogP contribution in [0.5, 0.6) is 23.0 Å².